The largest absolute Gasteiger partial charge is 0.485 e. The Bertz CT molecular complexity index is 558. The fraction of sp³-hybridized carbons (Fsp3) is 0.308. The average Bonchev–Trinajstić information content (AvgIpc) is 2.54. The molecular weight excluding hydrogens is 250 g/mol. The highest BCUT2D eigenvalue weighted by Gasteiger charge is 2.13. The lowest BCUT2D eigenvalue weighted by atomic mass is 10.2. The lowest BCUT2D eigenvalue weighted by Crippen LogP contribution is -2.05. The van der Waals surface area contributed by atoms with Crippen LogP contribution < -0.4 is 10.5 Å². The lowest BCUT2D eigenvalue weighted by molar-refractivity contribution is 0.294. The maximum Gasteiger partial charge on any atom is 0.145 e. The van der Waals surface area contributed by atoms with E-state index in [1.807, 2.05) is 39.1 Å². The summed E-state index contributed by atoms with van der Waals surface area (Å²) in [7, 11) is 1.85. The second-order valence-corrected chi connectivity index (χ2v) is 4.63. The van der Waals surface area contributed by atoms with Crippen molar-refractivity contribution in [2.45, 2.75) is 20.5 Å². The van der Waals surface area contributed by atoms with E-state index in [9.17, 15) is 0 Å². The summed E-state index contributed by atoms with van der Waals surface area (Å²) in [6.45, 7) is 4.18. The average molecular weight is 266 g/mol. The zero-order valence-electron chi connectivity index (χ0n) is 10.7. The van der Waals surface area contributed by atoms with Gasteiger partial charge in [0.05, 0.1) is 22.1 Å². The van der Waals surface area contributed by atoms with E-state index in [-0.39, 0.29) is 0 Å². The smallest absolute Gasteiger partial charge is 0.145 e. The molecule has 96 valence electrons. The first-order valence-corrected chi connectivity index (χ1v) is 6.04. The third-order valence-corrected chi connectivity index (χ3v) is 3.35. The zero-order valence-corrected chi connectivity index (χ0v) is 11.5. The Morgan fingerprint density at radius 2 is 2.11 bits per heavy atom. The number of para-hydroxylation sites is 1. The molecule has 0 bridgehead atoms. The van der Waals surface area contributed by atoms with Crippen LogP contribution in [-0.2, 0) is 13.7 Å². The summed E-state index contributed by atoms with van der Waals surface area (Å²) in [6, 6.07) is 5.68. The highest BCUT2D eigenvalue weighted by atomic mass is 35.5. The van der Waals surface area contributed by atoms with Gasteiger partial charge >= 0.3 is 0 Å². The van der Waals surface area contributed by atoms with Gasteiger partial charge in [-0.15, -0.1) is 0 Å². The van der Waals surface area contributed by atoms with Crippen molar-refractivity contribution in [2.24, 2.45) is 7.05 Å². The van der Waals surface area contributed by atoms with Crippen LogP contribution in [0.2, 0.25) is 5.02 Å². The third-order valence-electron chi connectivity index (χ3n) is 2.86. The molecule has 1 aromatic heterocycles. The normalized spacial score (nSPS) is 10.7. The Kier molecular flexibility index (Phi) is 3.48. The van der Waals surface area contributed by atoms with Gasteiger partial charge in [-0.2, -0.15) is 5.10 Å². The molecule has 0 fully saturated rings. The molecule has 2 rings (SSSR count). The van der Waals surface area contributed by atoms with Crippen molar-refractivity contribution in [3.63, 3.8) is 0 Å². The van der Waals surface area contributed by atoms with Crippen molar-refractivity contribution in [2.75, 3.05) is 5.73 Å². The van der Waals surface area contributed by atoms with E-state index >= 15 is 0 Å². The number of hydrogen-bond acceptors (Lipinski definition) is 3. The van der Waals surface area contributed by atoms with Gasteiger partial charge in [0.25, 0.3) is 0 Å². The molecule has 0 spiro atoms. The van der Waals surface area contributed by atoms with E-state index in [2.05, 4.69) is 5.10 Å². The molecule has 0 radical (unpaired) electrons. The van der Waals surface area contributed by atoms with Gasteiger partial charge in [-0.3, -0.25) is 4.68 Å². The van der Waals surface area contributed by atoms with Crippen molar-refractivity contribution in [3.05, 3.63) is 40.2 Å². The number of hydrogen-bond donors (Lipinski definition) is 1. The summed E-state index contributed by atoms with van der Waals surface area (Å²) in [6.07, 6.45) is 0. The number of aryl methyl sites for hydroxylation is 3. The minimum atomic E-state index is 0.352. The van der Waals surface area contributed by atoms with Crippen LogP contribution in [0.5, 0.6) is 5.75 Å². The van der Waals surface area contributed by atoms with Crippen molar-refractivity contribution >= 4 is 17.3 Å². The molecule has 0 saturated heterocycles. The van der Waals surface area contributed by atoms with Crippen molar-refractivity contribution < 1.29 is 4.74 Å². The molecule has 0 atom stereocenters. The van der Waals surface area contributed by atoms with Crippen LogP contribution in [0.15, 0.2) is 18.2 Å². The standard InChI is InChI=1S/C13H16ClN3O/c1-8-5-4-6-10(15)13(8)18-7-11-12(14)9(2)16-17(11)3/h4-6H,7,15H2,1-3H3. The van der Waals surface area contributed by atoms with Crippen molar-refractivity contribution in [1.82, 2.24) is 9.78 Å². The summed E-state index contributed by atoms with van der Waals surface area (Å²) in [5, 5.41) is 4.88. The molecule has 0 aliphatic heterocycles. The highest BCUT2D eigenvalue weighted by molar-refractivity contribution is 6.31. The molecule has 4 nitrogen and oxygen atoms in total. The number of anilines is 1. The van der Waals surface area contributed by atoms with Gasteiger partial charge in [0, 0.05) is 7.05 Å². The summed E-state index contributed by atoms with van der Waals surface area (Å²) in [5.41, 5.74) is 9.17. The van der Waals surface area contributed by atoms with E-state index < -0.39 is 0 Å². The second kappa shape index (κ2) is 4.90. The predicted molar refractivity (Wildman–Crippen MR) is 72.9 cm³/mol. The summed E-state index contributed by atoms with van der Waals surface area (Å²) >= 11 is 6.17. The second-order valence-electron chi connectivity index (χ2n) is 4.25. The molecule has 0 aliphatic carbocycles. The monoisotopic (exact) mass is 265 g/mol. The fourth-order valence-corrected chi connectivity index (χ4v) is 2.06. The van der Waals surface area contributed by atoms with Gasteiger partial charge in [-0.25, -0.2) is 0 Å². The molecular formula is C13H16ClN3O. The Morgan fingerprint density at radius 1 is 1.39 bits per heavy atom. The fourth-order valence-electron chi connectivity index (χ4n) is 1.85. The van der Waals surface area contributed by atoms with Crippen molar-refractivity contribution in [3.8, 4) is 5.75 Å². The number of benzene rings is 1. The maximum absolute atomic E-state index is 6.17. The minimum Gasteiger partial charge on any atom is -0.485 e. The molecule has 0 saturated carbocycles. The number of nitrogens with two attached hydrogens (primary N) is 1. The van der Waals surface area contributed by atoms with Crippen LogP contribution in [0.1, 0.15) is 17.0 Å². The third kappa shape index (κ3) is 2.29. The first-order chi connectivity index (χ1) is 8.50. The Balaban J connectivity index is 2.22. The minimum absolute atomic E-state index is 0.352. The van der Waals surface area contributed by atoms with Gasteiger partial charge in [-0.1, -0.05) is 23.7 Å². The van der Waals surface area contributed by atoms with Gasteiger partial charge in [0.2, 0.25) is 0 Å². The molecule has 1 heterocycles. The van der Waals surface area contributed by atoms with Crippen LogP contribution in [0.25, 0.3) is 0 Å². The summed E-state index contributed by atoms with van der Waals surface area (Å²) in [4.78, 5) is 0. The first kappa shape index (κ1) is 12.8. The highest BCUT2D eigenvalue weighted by Crippen LogP contribution is 2.28. The quantitative estimate of drug-likeness (QED) is 0.869. The predicted octanol–water partition coefficient (Wildman–Crippen LogP) is 2.85. The summed E-state index contributed by atoms with van der Waals surface area (Å²) in [5.74, 6) is 0.701. The number of nitrogen functional groups attached to an aromatic ring is 1. The van der Waals surface area contributed by atoms with Crippen LogP contribution in [0.4, 0.5) is 5.69 Å². The Morgan fingerprint density at radius 3 is 2.67 bits per heavy atom. The number of ether oxygens (including phenoxy) is 1. The lowest BCUT2D eigenvalue weighted by Gasteiger charge is -2.11. The van der Waals surface area contributed by atoms with Crippen molar-refractivity contribution in [1.29, 1.82) is 0 Å². The molecule has 1 aromatic carbocycles. The van der Waals surface area contributed by atoms with E-state index in [4.69, 9.17) is 22.1 Å². The van der Waals surface area contributed by atoms with Gasteiger partial charge in [0.1, 0.15) is 12.4 Å². The van der Waals surface area contributed by atoms with Crippen LogP contribution in [-0.4, -0.2) is 9.78 Å². The van der Waals surface area contributed by atoms with Gasteiger partial charge < -0.3 is 10.5 Å². The van der Waals surface area contributed by atoms with E-state index in [1.165, 1.54) is 0 Å². The number of nitrogens with zero attached hydrogens (tertiary/aromatic N) is 2. The molecule has 2 aromatic rings. The van der Waals surface area contributed by atoms with E-state index in [1.54, 1.807) is 4.68 Å². The Hall–Kier alpha value is -1.68. The molecule has 0 aliphatic rings. The Labute approximate surface area is 111 Å². The zero-order chi connectivity index (χ0) is 13.3. The molecule has 18 heavy (non-hydrogen) atoms. The topological polar surface area (TPSA) is 53.1 Å². The molecule has 5 heteroatoms. The summed E-state index contributed by atoms with van der Waals surface area (Å²) < 4.78 is 7.49. The van der Waals surface area contributed by atoms with E-state index in [0.29, 0.717) is 23.1 Å². The van der Waals surface area contributed by atoms with Crippen LogP contribution in [0.3, 0.4) is 0 Å². The number of aromatic nitrogens is 2. The van der Waals surface area contributed by atoms with Gasteiger partial charge in [0.15, 0.2) is 0 Å². The molecule has 0 unspecified atom stereocenters. The number of halogens is 1. The first-order valence-electron chi connectivity index (χ1n) is 5.66. The SMILES string of the molecule is Cc1cccc(N)c1OCc1c(Cl)c(C)nn1C. The van der Waals surface area contributed by atoms with Gasteiger partial charge in [-0.05, 0) is 25.5 Å². The van der Waals surface area contributed by atoms with E-state index in [0.717, 1.165) is 17.0 Å². The number of rotatable bonds is 3. The van der Waals surface area contributed by atoms with Crippen LogP contribution >= 0.6 is 11.6 Å². The van der Waals surface area contributed by atoms with Crippen LogP contribution in [0, 0.1) is 13.8 Å². The maximum atomic E-state index is 6.17. The molecule has 0 amide bonds. The molecule has 2 N–H and O–H groups in total.